The molecule has 27 heavy (non-hydrogen) atoms. The summed E-state index contributed by atoms with van der Waals surface area (Å²) in [4.78, 5) is 15.9. The Hall–Kier alpha value is -1.65. The minimum Gasteiger partial charge on any atom is -0.339 e. The quantitative estimate of drug-likeness (QED) is 0.584. The van der Waals surface area contributed by atoms with Gasteiger partial charge in [-0.2, -0.15) is 4.98 Å². The first kappa shape index (κ1) is 20.1. The van der Waals surface area contributed by atoms with Crippen LogP contribution in [-0.4, -0.2) is 24.5 Å². The lowest BCUT2D eigenvalue weighted by molar-refractivity contribution is -0.119. The van der Waals surface area contributed by atoms with Crippen molar-refractivity contribution in [2.45, 2.75) is 17.7 Å². The van der Waals surface area contributed by atoms with E-state index in [0.29, 0.717) is 16.4 Å². The number of sulfonamides is 1. The third kappa shape index (κ3) is 4.99. The van der Waals surface area contributed by atoms with E-state index in [1.165, 1.54) is 6.07 Å². The van der Waals surface area contributed by atoms with Crippen molar-refractivity contribution in [3.05, 3.63) is 49.9 Å². The first-order valence-corrected chi connectivity index (χ1v) is 10.8. The summed E-state index contributed by atoms with van der Waals surface area (Å²) >= 11 is 18.3. The number of aromatic nitrogens is 2. The fourth-order valence-electron chi connectivity index (χ4n) is 2.06. The molecule has 0 aliphatic heterocycles. The van der Waals surface area contributed by atoms with Crippen LogP contribution in [0.5, 0.6) is 0 Å². The monoisotopic (exact) mass is 465 g/mol. The minimum atomic E-state index is -4.10. The second-order valence-corrected chi connectivity index (χ2v) is 9.61. The maximum atomic E-state index is 12.2. The normalized spacial score (nSPS) is 11.5. The number of carbonyl (C=O) groups excluding carboxylic acids is 1. The van der Waals surface area contributed by atoms with Crippen LogP contribution in [0.15, 0.2) is 39.8 Å². The lowest BCUT2D eigenvalue weighted by Gasteiger charge is -2.04. The second-order valence-electron chi connectivity index (χ2n) is 5.24. The van der Waals surface area contributed by atoms with E-state index >= 15 is 0 Å². The SMILES string of the molecule is O=C(CCc1nc(-c2ccc(Cl)cc2)no1)NS(=O)(=O)c1cc(Cl)sc1Cl. The molecular weight excluding hydrogens is 457 g/mol. The highest BCUT2D eigenvalue weighted by molar-refractivity contribution is 7.90. The average Bonchev–Trinajstić information content (AvgIpc) is 3.20. The second kappa shape index (κ2) is 8.15. The van der Waals surface area contributed by atoms with Crippen molar-refractivity contribution in [1.29, 1.82) is 0 Å². The van der Waals surface area contributed by atoms with Gasteiger partial charge in [-0.3, -0.25) is 4.79 Å². The highest BCUT2D eigenvalue weighted by atomic mass is 35.5. The van der Waals surface area contributed by atoms with E-state index in [4.69, 9.17) is 39.3 Å². The molecule has 7 nitrogen and oxygen atoms in total. The van der Waals surface area contributed by atoms with Crippen LogP contribution in [0.25, 0.3) is 11.4 Å². The molecule has 0 saturated carbocycles. The van der Waals surface area contributed by atoms with Gasteiger partial charge in [0.05, 0.1) is 4.34 Å². The third-order valence-electron chi connectivity index (χ3n) is 3.30. The number of hydrogen-bond donors (Lipinski definition) is 1. The van der Waals surface area contributed by atoms with Gasteiger partial charge in [-0.25, -0.2) is 13.1 Å². The average molecular weight is 467 g/mol. The number of halogens is 3. The molecule has 0 saturated heterocycles. The molecule has 0 unspecified atom stereocenters. The van der Waals surface area contributed by atoms with Gasteiger partial charge in [-0.15, -0.1) is 11.3 Å². The number of hydrogen-bond acceptors (Lipinski definition) is 7. The zero-order valence-corrected chi connectivity index (χ0v) is 17.2. The molecule has 0 aliphatic carbocycles. The summed E-state index contributed by atoms with van der Waals surface area (Å²) < 4.78 is 31.5. The predicted molar refractivity (Wildman–Crippen MR) is 103 cm³/mol. The maximum absolute atomic E-state index is 12.2. The van der Waals surface area contributed by atoms with Crippen LogP contribution in [0, 0.1) is 0 Å². The highest BCUT2D eigenvalue weighted by Crippen LogP contribution is 2.34. The van der Waals surface area contributed by atoms with Gasteiger partial charge >= 0.3 is 0 Å². The van der Waals surface area contributed by atoms with Crippen molar-refractivity contribution in [2.75, 3.05) is 0 Å². The van der Waals surface area contributed by atoms with Crippen molar-refractivity contribution in [2.24, 2.45) is 0 Å². The van der Waals surface area contributed by atoms with Crippen LogP contribution in [0.3, 0.4) is 0 Å². The number of aryl methyl sites for hydroxylation is 1. The molecule has 1 N–H and O–H groups in total. The van der Waals surface area contributed by atoms with Gasteiger partial charge in [0.15, 0.2) is 0 Å². The number of nitrogens with one attached hydrogen (secondary N) is 1. The number of carbonyl (C=O) groups is 1. The Morgan fingerprint density at radius 3 is 2.52 bits per heavy atom. The van der Waals surface area contributed by atoms with E-state index in [9.17, 15) is 13.2 Å². The Bertz CT molecular complexity index is 1080. The summed E-state index contributed by atoms with van der Waals surface area (Å²) in [5.41, 5.74) is 0.699. The molecule has 2 heterocycles. The van der Waals surface area contributed by atoms with Gasteiger partial charge in [0.25, 0.3) is 10.0 Å². The maximum Gasteiger partial charge on any atom is 0.266 e. The van der Waals surface area contributed by atoms with Crippen LogP contribution in [-0.2, 0) is 21.2 Å². The van der Waals surface area contributed by atoms with Crippen molar-refractivity contribution in [3.63, 3.8) is 0 Å². The molecule has 0 aliphatic rings. The van der Waals surface area contributed by atoms with E-state index in [1.807, 2.05) is 4.72 Å². The summed E-state index contributed by atoms with van der Waals surface area (Å²) in [5.74, 6) is -0.196. The number of amides is 1. The summed E-state index contributed by atoms with van der Waals surface area (Å²) in [7, 11) is -4.10. The topological polar surface area (TPSA) is 102 Å². The first-order valence-electron chi connectivity index (χ1n) is 7.33. The fraction of sp³-hybridized carbons (Fsp3) is 0.133. The van der Waals surface area contributed by atoms with Gasteiger partial charge < -0.3 is 4.52 Å². The van der Waals surface area contributed by atoms with E-state index in [-0.39, 0.29) is 32.3 Å². The van der Waals surface area contributed by atoms with E-state index < -0.39 is 15.9 Å². The highest BCUT2D eigenvalue weighted by Gasteiger charge is 2.23. The fourth-order valence-corrected chi connectivity index (χ4v) is 5.35. The van der Waals surface area contributed by atoms with Gasteiger partial charge in [0.2, 0.25) is 17.6 Å². The lowest BCUT2D eigenvalue weighted by Crippen LogP contribution is -2.30. The summed E-state index contributed by atoms with van der Waals surface area (Å²) in [5, 5.41) is 4.40. The standard InChI is InChI=1S/C15H10Cl3N3O4S2/c16-9-3-1-8(2-4-9)15-19-13(25-20-15)6-5-12(22)21-27(23,24)10-7-11(17)26-14(10)18/h1-4,7H,5-6H2,(H,21,22). The Morgan fingerprint density at radius 1 is 1.19 bits per heavy atom. The zero-order valence-electron chi connectivity index (χ0n) is 13.3. The van der Waals surface area contributed by atoms with Crippen LogP contribution in [0.1, 0.15) is 12.3 Å². The van der Waals surface area contributed by atoms with Crippen molar-refractivity contribution in [3.8, 4) is 11.4 Å². The number of nitrogens with zero attached hydrogens (tertiary/aromatic N) is 2. The summed E-state index contributed by atoms with van der Waals surface area (Å²) in [6, 6.07) is 8.01. The smallest absolute Gasteiger partial charge is 0.266 e. The van der Waals surface area contributed by atoms with Crippen molar-refractivity contribution >= 4 is 62.1 Å². The van der Waals surface area contributed by atoms with Crippen LogP contribution >= 0.6 is 46.1 Å². The molecule has 0 spiro atoms. The Morgan fingerprint density at radius 2 is 1.89 bits per heavy atom. The van der Waals surface area contributed by atoms with Crippen molar-refractivity contribution in [1.82, 2.24) is 14.9 Å². The largest absolute Gasteiger partial charge is 0.339 e. The Labute approximate surface area is 173 Å². The molecule has 0 fully saturated rings. The molecule has 1 amide bonds. The molecule has 0 radical (unpaired) electrons. The van der Waals surface area contributed by atoms with Crippen LogP contribution < -0.4 is 4.72 Å². The Balaban J connectivity index is 1.61. The third-order valence-corrected chi connectivity index (χ3v) is 6.68. The molecule has 142 valence electrons. The number of rotatable bonds is 6. The number of benzene rings is 1. The molecular formula is C15H10Cl3N3O4S2. The van der Waals surface area contributed by atoms with Gasteiger partial charge in [0.1, 0.15) is 9.23 Å². The predicted octanol–water partition coefficient (Wildman–Crippen LogP) is 4.20. The number of thiophene rings is 1. The summed E-state index contributed by atoms with van der Waals surface area (Å²) in [6.45, 7) is 0. The zero-order chi connectivity index (χ0) is 19.6. The molecule has 0 bridgehead atoms. The van der Waals surface area contributed by atoms with Crippen LogP contribution in [0.2, 0.25) is 13.7 Å². The first-order chi connectivity index (χ1) is 12.7. The van der Waals surface area contributed by atoms with Gasteiger partial charge in [-0.1, -0.05) is 40.0 Å². The minimum absolute atomic E-state index is 0.0233. The molecule has 0 atom stereocenters. The molecule has 3 rings (SSSR count). The van der Waals surface area contributed by atoms with Gasteiger partial charge in [0, 0.05) is 23.4 Å². The van der Waals surface area contributed by atoms with Gasteiger partial charge in [-0.05, 0) is 30.3 Å². The van der Waals surface area contributed by atoms with E-state index in [2.05, 4.69) is 10.1 Å². The van der Waals surface area contributed by atoms with E-state index in [1.54, 1.807) is 24.3 Å². The van der Waals surface area contributed by atoms with Crippen molar-refractivity contribution < 1.29 is 17.7 Å². The molecule has 12 heteroatoms. The van der Waals surface area contributed by atoms with E-state index in [0.717, 1.165) is 11.3 Å². The van der Waals surface area contributed by atoms with Crippen LogP contribution in [0.4, 0.5) is 0 Å². The molecule has 2 aromatic heterocycles. The summed E-state index contributed by atoms with van der Waals surface area (Å²) in [6.07, 6.45) is -0.100. The Kier molecular flexibility index (Phi) is 6.07. The lowest BCUT2D eigenvalue weighted by atomic mass is 10.2. The molecule has 3 aromatic rings. The molecule has 1 aromatic carbocycles.